The van der Waals surface area contributed by atoms with Crippen LogP contribution >= 0.6 is 0 Å². The fourth-order valence-electron chi connectivity index (χ4n) is 1.91. The van der Waals surface area contributed by atoms with Crippen LogP contribution < -0.4 is 0 Å². The molecule has 0 radical (unpaired) electrons. The van der Waals surface area contributed by atoms with Crippen molar-refractivity contribution >= 4 is 11.9 Å². The van der Waals surface area contributed by atoms with Crippen LogP contribution in [0.5, 0.6) is 0 Å². The van der Waals surface area contributed by atoms with Gasteiger partial charge < -0.3 is 9.84 Å². The van der Waals surface area contributed by atoms with Gasteiger partial charge in [-0.1, -0.05) is 0 Å². The first-order valence-electron chi connectivity index (χ1n) is 4.53. The number of esters is 1. The van der Waals surface area contributed by atoms with Crippen molar-refractivity contribution in [2.45, 2.75) is 26.2 Å². The van der Waals surface area contributed by atoms with Gasteiger partial charge in [-0.3, -0.25) is 4.79 Å². The third-order valence-corrected chi connectivity index (χ3v) is 2.77. The van der Waals surface area contributed by atoms with E-state index in [0.29, 0.717) is 18.4 Å². The second-order valence-corrected chi connectivity index (χ2v) is 3.69. The molecule has 0 aromatic heterocycles. The van der Waals surface area contributed by atoms with Gasteiger partial charge in [0.25, 0.3) is 0 Å². The van der Waals surface area contributed by atoms with Crippen molar-refractivity contribution in [2.24, 2.45) is 5.41 Å². The fraction of sp³-hybridized carbons (Fsp3) is 0.600. The minimum Gasteiger partial charge on any atom is -0.478 e. The van der Waals surface area contributed by atoms with Crippen LogP contribution in [0, 0.1) is 5.41 Å². The van der Waals surface area contributed by atoms with E-state index in [2.05, 4.69) is 4.74 Å². The Balaban J connectivity index is 2.97. The van der Waals surface area contributed by atoms with Gasteiger partial charge in [0, 0.05) is 6.08 Å². The quantitative estimate of drug-likeness (QED) is 0.537. The number of methoxy groups -OCH3 is 1. The predicted molar refractivity (Wildman–Crippen MR) is 49.7 cm³/mol. The lowest BCUT2D eigenvalue weighted by molar-refractivity contribution is -0.149. The van der Waals surface area contributed by atoms with Crippen molar-refractivity contribution < 1.29 is 19.4 Å². The van der Waals surface area contributed by atoms with E-state index >= 15 is 0 Å². The average Bonchev–Trinajstić information content (AvgIpc) is 2.47. The van der Waals surface area contributed by atoms with Crippen LogP contribution in [0.3, 0.4) is 0 Å². The molecule has 4 heteroatoms. The number of aliphatic carboxylic acids is 1. The zero-order chi connectivity index (χ0) is 10.8. The van der Waals surface area contributed by atoms with E-state index in [1.54, 1.807) is 6.92 Å². The molecule has 1 aliphatic carbocycles. The summed E-state index contributed by atoms with van der Waals surface area (Å²) >= 11 is 0. The summed E-state index contributed by atoms with van der Waals surface area (Å²) < 4.78 is 4.68. The Morgan fingerprint density at radius 1 is 1.57 bits per heavy atom. The first kappa shape index (κ1) is 10.8. The topological polar surface area (TPSA) is 63.6 Å². The third-order valence-electron chi connectivity index (χ3n) is 2.77. The largest absolute Gasteiger partial charge is 0.478 e. The summed E-state index contributed by atoms with van der Waals surface area (Å²) in [5.74, 6) is -1.35. The van der Waals surface area contributed by atoms with Crippen LogP contribution in [-0.4, -0.2) is 24.2 Å². The fourth-order valence-corrected chi connectivity index (χ4v) is 1.91. The maximum atomic E-state index is 11.5. The van der Waals surface area contributed by atoms with Crippen LogP contribution in [0.2, 0.25) is 0 Å². The number of carbonyl (C=O) groups is 2. The summed E-state index contributed by atoms with van der Waals surface area (Å²) in [6.45, 7) is 1.74. The van der Waals surface area contributed by atoms with Crippen molar-refractivity contribution in [3.8, 4) is 0 Å². The summed E-state index contributed by atoms with van der Waals surface area (Å²) in [5.41, 5.74) is -0.0653. The highest BCUT2D eigenvalue weighted by molar-refractivity contribution is 5.86. The Morgan fingerprint density at radius 2 is 2.21 bits per heavy atom. The van der Waals surface area contributed by atoms with E-state index in [1.165, 1.54) is 7.11 Å². The van der Waals surface area contributed by atoms with Gasteiger partial charge in [0.15, 0.2) is 0 Å². The molecular formula is C10H14O4. The molecule has 0 amide bonds. The Labute approximate surface area is 82.6 Å². The molecule has 0 aromatic carbocycles. The normalized spacial score (nSPS) is 29.1. The van der Waals surface area contributed by atoms with Gasteiger partial charge in [0.2, 0.25) is 0 Å². The number of carbonyl (C=O) groups excluding carboxylic acids is 1. The van der Waals surface area contributed by atoms with Crippen molar-refractivity contribution in [1.29, 1.82) is 0 Å². The number of hydrogen-bond donors (Lipinski definition) is 1. The first-order chi connectivity index (χ1) is 6.50. The van der Waals surface area contributed by atoms with Crippen LogP contribution in [0.15, 0.2) is 11.6 Å². The van der Waals surface area contributed by atoms with Crippen molar-refractivity contribution in [1.82, 2.24) is 0 Å². The molecule has 0 aliphatic heterocycles. The number of rotatable bonds is 2. The molecule has 14 heavy (non-hydrogen) atoms. The van der Waals surface area contributed by atoms with Crippen LogP contribution in [-0.2, 0) is 14.3 Å². The molecule has 1 unspecified atom stereocenters. The molecule has 1 N–H and O–H groups in total. The van der Waals surface area contributed by atoms with Gasteiger partial charge in [-0.25, -0.2) is 4.79 Å². The molecule has 0 bridgehead atoms. The molecule has 0 heterocycles. The number of carboxylic acids is 1. The summed E-state index contributed by atoms with van der Waals surface area (Å²) in [5, 5.41) is 8.63. The highest BCUT2D eigenvalue weighted by Gasteiger charge is 2.41. The highest BCUT2D eigenvalue weighted by Crippen LogP contribution is 2.43. The van der Waals surface area contributed by atoms with E-state index in [9.17, 15) is 9.59 Å². The molecule has 1 atom stereocenters. The molecule has 1 saturated carbocycles. The van der Waals surface area contributed by atoms with Crippen molar-refractivity contribution in [3.63, 3.8) is 0 Å². The van der Waals surface area contributed by atoms with E-state index in [-0.39, 0.29) is 5.97 Å². The molecule has 1 fully saturated rings. The zero-order valence-corrected chi connectivity index (χ0v) is 8.37. The van der Waals surface area contributed by atoms with E-state index in [1.807, 2.05) is 0 Å². The second-order valence-electron chi connectivity index (χ2n) is 3.69. The highest BCUT2D eigenvalue weighted by atomic mass is 16.5. The van der Waals surface area contributed by atoms with Gasteiger partial charge in [0.05, 0.1) is 12.5 Å². The molecule has 0 aromatic rings. The lowest BCUT2D eigenvalue weighted by Gasteiger charge is -2.22. The lowest BCUT2D eigenvalue weighted by Crippen LogP contribution is -2.27. The monoisotopic (exact) mass is 198 g/mol. The van der Waals surface area contributed by atoms with Gasteiger partial charge in [-0.15, -0.1) is 0 Å². The Kier molecular flexibility index (Phi) is 2.93. The molecule has 0 spiro atoms. The number of ether oxygens (including phenoxy) is 1. The molecular weight excluding hydrogens is 184 g/mol. The Hall–Kier alpha value is -1.32. The van der Waals surface area contributed by atoms with E-state index < -0.39 is 11.4 Å². The van der Waals surface area contributed by atoms with Crippen molar-refractivity contribution in [3.05, 3.63) is 11.6 Å². The third kappa shape index (κ3) is 1.78. The van der Waals surface area contributed by atoms with Gasteiger partial charge in [-0.05, 0) is 31.8 Å². The predicted octanol–water partition coefficient (Wildman–Crippen LogP) is 1.36. The summed E-state index contributed by atoms with van der Waals surface area (Å²) in [6.07, 6.45) is 3.30. The van der Waals surface area contributed by atoms with E-state index in [0.717, 1.165) is 12.5 Å². The molecule has 78 valence electrons. The van der Waals surface area contributed by atoms with Crippen molar-refractivity contribution in [2.75, 3.05) is 7.11 Å². The van der Waals surface area contributed by atoms with Crippen LogP contribution in [0.1, 0.15) is 26.2 Å². The summed E-state index contributed by atoms with van der Waals surface area (Å²) in [6, 6.07) is 0. The SMILES string of the molecule is COC(=O)C1(C)CCC/C1=C\C(=O)O. The first-order valence-corrected chi connectivity index (χ1v) is 4.53. The molecule has 1 aliphatic rings. The van der Waals surface area contributed by atoms with Crippen LogP contribution in [0.4, 0.5) is 0 Å². The summed E-state index contributed by atoms with van der Waals surface area (Å²) in [7, 11) is 1.32. The number of hydrogen-bond acceptors (Lipinski definition) is 3. The Bertz CT molecular complexity index is 292. The van der Waals surface area contributed by atoms with Gasteiger partial charge in [-0.2, -0.15) is 0 Å². The maximum absolute atomic E-state index is 11.5. The molecule has 0 saturated heterocycles. The zero-order valence-electron chi connectivity index (χ0n) is 8.37. The number of carboxylic acid groups (broad SMARTS) is 1. The van der Waals surface area contributed by atoms with E-state index in [4.69, 9.17) is 5.11 Å². The maximum Gasteiger partial charge on any atom is 0.328 e. The standard InChI is InChI=1S/C10H14O4/c1-10(9(13)14-2)5-3-4-7(10)6-8(11)12/h6H,3-5H2,1-2H3,(H,11,12)/b7-6+. The average molecular weight is 198 g/mol. The minimum atomic E-state index is -1.00. The van der Waals surface area contributed by atoms with Crippen LogP contribution in [0.25, 0.3) is 0 Å². The molecule has 4 nitrogen and oxygen atoms in total. The molecule has 1 rings (SSSR count). The van der Waals surface area contributed by atoms with Gasteiger partial charge in [0.1, 0.15) is 0 Å². The second kappa shape index (κ2) is 3.82. The summed E-state index contributed by atoms with van der Waals surface area (Å²) in [4.78, 5) is 22.0. The smallest absolute Gasteiger partial charge is 0.328 e. The lowest BCUT2D eigenvalue weighted by atomic mass is 9.84. The Morgan fingerprint density at radius 3 is 2.71 bits per heavy atom. The van der Waals surface area contributed by atoms with Gasteiger partial charge >= 0.3 is 11.9 Å². The minimum absolute atomic E-state index is 0.345.